The Kier molecular flexibility index (Phi) is 10.7. The van der Waals surface area contributed by atoms with Crippen LogP contribution < -0.4 is 5.32 Å². The lowest BCUT2D eigenvalue weighted by Gasteiger charge is -2.27. The van der Waals surface area contributed by atoms with Crippen molar-refractivity contribution in [2.75, 3.05) is 26.2 Å². The van der Waals surface area contributed by atoms with Crippen LogP contribution in [0.2, 0.25) is 0 Å². The third-order valence-corrected chi connectivity index (χ3v) is 4.36. The minimum absolute atomic E-state index is 0.739. The summed E-state index contributed by atoms with van der Waals surface area (Å²) >= 11 is 0. The summed E-state index contributed by atoms with van der Waals surface area (Å²) in [6.07, 6.45) is -3.20. The second-order valence-electron chi connectivity index (χ2n) is 7.50. The van der Waals surface area contributed by atoms with E-state index in [0.717, 1.165) is 18.4 Å². The molecule has 8 nitrogen and oxygen atoms in total. The van der Waals surface area contributed by atoms with E-state index in [1.807, 2.05) is 0 Å². The fraction of sp³-hybridized carbons (Fsp3) is 0.600. The number of nitrogens with one attached hydrogen (secondary N) is 1. The van der Waals surface area contributed by atoms with Crippen molar-refractivity contribution in [1.29, 1.82) is 0 Å². The molecular weight excluding hydrogens is 364 g/mol. The van der Waals surface area contributed by atoms with E-state index in [4.69, 9.17) is 20.4 Å². The summed E-state index contributed by atoms with van der Waals surface area (Å²) in [4.78, 5) is 22.2. The van der Waals surface area contributed by atoms with Gasteiger partial charge in [-0.05, 0) is 36.9 Å². The van der Waals surface area contributed by atoms with Gasteiger partial charge in [0.2, 0.25) is 0 Å². The molecule has 0 aromatic heterocycles. The van der Waals surface area contributed by atoms with Gasteiger partial charge < -0.3 is 25.7 Å². The zero-order valence-electron chi connectivity index (χ0n) is 16.5. The maximum Gasteiger partial charge on any atom is 0.335 e. The lowest BCUT2D eigenvalue weighted by atomic mass is 10.1. The second-order valence-corrected chi connectivity index (χ2v) is 7.50. The number of aliphatic carboxylic acids is 2. The largest absolute Gasteiger partial charge is 0.479 e. The van der Waals surface area contributed by atoms with E-state index in [9.17, 15) is 9.59 Å². The van der Waals surface area contributed by atoms with E-state index in [-0.39, 0.29) is 0 Å². The minimum Gasteiger partial charge on any atom is -0.479 e. The molecule has 3 atom stereocenters. The van der Waals surface area contributed by atoms with Crippen LogP contribution in [-0.4, -0.2) is 75.7 Å². The van der Waals surface area contributed by atoms with E-state index in [0.29, 0.717) is 0 Å². The molecule has 0 spiro atoms. The van der Waals surface area contributed by atoms with E-state index >= 15 is 0 Å². The maximum atomic E-state index is 9.77. The lowest BCUT2D eigenvalue weighted by Crippen LogP contribution is -2.39. The van der Waals surface area contributed by atoms with Crippen LogP contribution in [0.25, 0.3) is 0 Å². The average molecular weight is 396 g/mol. The molecule has 1 aromatic rings. The zero-order chi connectivity index (χ0) is 21.1. The van der Waals surface area contributed by atoms with Gasteiger partial charge in [0.05, 0.1) is 0 Å². The van der Waals surface area contributed by atoms with Gasteiger partial charge in [-0.3, -0.25) is 4.90 Å². The fourth-order valence-corrected chi connectivity index (χ4v) is 3.07. The minimum atomic E-state index is -2.27. The highest BCUT2D eigenvalue weighted by Crippen LogP contribution is 2.14. The Morgan fingerprint density at radius 2 is 1.68 bits per heavy atom. The van der Waals surface area contributed by atoms with Gasteiger partial charge in [-0.25, -0.2) is 9.59 Å². The number of carbonyl (C=O) groups is 2. The van der Waals surface area contributed by atoms with E-state index < -0.39 is 24.1 Å². The van der Waals surface area contributed by atoms with Crippen molar-refractivity contribution in [2.45, 2.75) is 39.0 Å². The number of benzene rings is 1. The molecule has 2 rings (SSSR count). The Balaban J connectivity index is 0.000000336. The van der Waals surface area contributed by atoms with Crippen LogP contribution in [0.3, 0.4) is 0 Å². The monoisotopic (exact) mass is 396 g/mol. The quantitative estimate of drug-likeness (QED) is 0.411. The van der Waals surface area contributed by atoms with Crippen LogP contribution in [0.4, 0.5) is 0 Å². The van der Waals surface area contributed by atoms with Gasteiger partial charge in [-0.2, -0.15) is 0 Å². The molecule has 5 N–H and O–H groups in total. The summed E-state index contributed by atoms with van der Waals surface area (Å²) in [5.74, 6) is -1.96. The SMILES string of the molecule is CC(C)CN(Cc1ccccc1)C[C@H]1CCNC1.O=C(O)[C@H](O)[C@@H](O)C(=O)O. The molecule has 0 saturated carbocycles. The predicted octanol–water partition coefficient (Wildman–Crippen LogP) is 0.632. The molecule has 1 aliphatic heterocycles. The van der Waals surface area contributed by atoms with Gasteiger partial charge >= 0.3 is 11.9 Å². The number of rotatable bonds is 9. The predicted molar refractivity (Wildman–Crippen MR) is 105 cm³/mol. The van der Waals surface area contributed by atoms with Gasteiger partial charge in [0.25, 0.3) is 0 Å². The van der Waals surface area contributed by atoms with Crippen LogP contribution in [-0.2, 0) is 16.1 Å². The van der Waals surface area contributed by atoms with E-state index in [1.165, 1.54) is 38.2 Å². The third-order valence-electron chi connectivity index (χ3n) is 4.36. The molecule has 0 amide bonds. The molecule has 1 aliphatic rings. The summed E-state index contributed by atoms with van der Waals surface area (Å²) in [6.45, 7) is 10.5. The third kappa shape index (κ3) is 9.27. The first kappa shape index (κ1) is 24.0. The van der Waals surface area contributed by atoms with Crippen molar-refractivity contribution in [2.24, 2.45) is 11.8 Å². The van der Waals surface area contributed by atoms with Crippen molar-refractivity contribution in [3.05, 3.63) is 35.9 Å². The molecule has 0 bridgehead atoms. The topological polar surface area (TPSA) is 130 Å². The highest BCUT2D eigenvalue weighted by atomic mass is 16.4. The van der Waals surface area contributed by atoms with Crippen LogP contribution in [0.15, 0.2) is 30.3 Å². The van der Waals surface area contributed by atoms with Crippen LogP contribution in [0.1, 0.15) is 25.8 Å². The fourth-order valence-electron chi connectivity index (χ4n) is 3.07. The Labute approximate surface area is 165 Å². The van der Waals surface area contributed by atoms with E-state index in [1.54, 1.807) is 0 Å². The Morgan fingerprint density at radius 3 is 2.11 bits per heavy atom. The van der Waals surface area contributed by atoms with E-state index in [2.05, 4.69) is 54.4 Å². The first-order chi connectivity index (χ1) is 13.2. The highest BCUT2D eigenvalue weighted by Gasteiger charge is 2.29. The molecule has 1 heterocycles. The molecule has 1 aromatic carbocycles. The number of hydrogen-bond acceptors (Lipinski definition) is 6. The Morgan fingerprint density at radius 1 is 1.11 bits per heavy atom. The first-order valence-corrected chi connectivity index (χ1v) is 9.49. The van der Waals surface area contributed by atoms with Crippen molar-refractivity contribution < 1.29 is 30.0 Å². The number of aliphatic hydroxyl groups excluding tert-OH is 2. The number of hydrogen-bond donors (Lipinski definition) is 5. The molecule has 28 heavy (non-hydrogen) atoms. The zero-order valence-corrected chi connectivity index (χ0v) is 16.5. The Hall–Kier alpha value is -2.00. The van der Waals surface area contributed by atoms with Crippen LogP contribution in [0.5, 0.6) is 0 Å². The second kappa shape index (κ2) is 12.5. The van der Waals surface area contributed by atoms with Crippen molar-refractivity contribution in [1.82, 2.24) is 10.2 Å². The lowest BCUT2D eigenvalue weighted by molar-refractivity contribution is -0.165. The molecule has 1 fully saturated rings. The smallest absolute Gasteiger partial charge is 0.335 e. The van der Waals surface area contributed by atoms with Crippen molar-refractivity contribution in [3.8, 4) is 0 Å². The average Bonchev–Trinajstić information content (AvgIpc) is 3.14. The van der Waals surface area contributed by atoms with Crippen molar-refractivity contribution in [3.63, 3.8) is 0 Å². The molecule has 1 saturated heterocycles. The molecule has 0 radical (unpaired) electrons. The molecule has 158 valence electrons. The Bertz CT molecular complexity index is 572. The summed E-state index contributed by atoms with van der Waals surface area (Å²) in [5.41, 5.74) is 1.43. The summed E-state index contributed by atoms with van der Waals surface area (Å²) in [6, 6.07) is 10.8. The van der Waals surface area contributed by atoms with Crippen LogP contribution in [0, 0.1) is 11.8 Å². The van der Waals surface area contributed by atoms with Crippen LogP contribution >= 0.6 is 0 Å². The molecule has 0 unspecified atom stereocenters. The standard InChI is InChI=1S/C16H26N2.C4H6O6/c1-14(2)11-18(13-16-8-9-17-10-16)12-15-6-4-3-5-7-15;5-1(3(7)8)2(6)4(9)10/h3-7,14,16-17H,8-13H2,1-2H3;1-2,5-6H,(H,7,8)(H,9,10)/t16-;1-,2-/m01/s1. The molecule has 0 aliphatic carbocycles. The number of carboxylic acid groups (broad SMARTS) is 2. The molecule has 8 heteroatoms. The van der Waals surface area contributed by atoms with Gasteiger partial charge in [0.15, 0.2) is 12.2 Å². The molecular formula is C20H32N2O6. The summed E-state index contributed by atoms with van der Waals surface area (Å²) in [7, 11) is 0. The van der Waals surface area contributed by atoms with Gasteiger partial charge in [-0.15, -0.1) is 0 Å². The summed E-state index contributed by atoms with van der Waals surface area (Å²) in [5, 5.41) is 36.0. The summed E-state index contributed by atoms with van der Waals surface area (Å²) < 4.78 is 0. The normalized spacial score (nSPS) is 18.4. The highest BCUT2D eigenvalue weighted by molar-refractivity contribution is 5.83. The van der Waals surface area contributed by atoms with Crippen molar-refractivity contribution >= 4 is 11.9 Å². The number of carboxylic acids is 2. The van der Waals surface area contributed by atoms with Gasteiger partial charge in [0.1, 0.15) is 0 Å². The van der Waals surface area contributed by atoms with Gasteiger partial charge in [0, 0.05) is 19.6 Å². The number of aliphatic hydroxyl groups is 2. The first-order valence-electron chi connectivity index (χ1n) is 9.49. The van der Waals surface area contributed by atoms with Gasteiger partial charge in [-0.1, -0.05) is 44.2 Å². The number of nitrogens with zero attached hydrogens (tertiary/aromatic N) is 1. The maximum absolute atomic E-state index is 9.77.